The maximum absolute atomic E-state index is 13.5. The standard InChI is InChI=1S/C12H14FNO2S/c1-14-7-3-4-9-8-10-11(13)5-2-6-12(10)17(9,15)16/h2,5-6,8,14H,3-4,7H2,1H3. The maximum Gasteiger partial charge on any atom is 0.203 e. The van der Waals surface area contributed by atoms with Crippen molar-refractivity contribution in [1.29, 1.82) is 0 Å². The molecule has 0 aliphatic carbocycles. The van der Waals surface area contributed by atoms with E-state index in [-0.39, 0.29) is 10.5 Å². The number of fused-ring (bicyclic) bond motifs is 1. The molecule has 3 nitrogen and oxygen atoms in total. The van der Waals surface area contributed by atoms with Gasteiger partial charge >= 0.3 is 0 Å². The first kappa shape index (κ1) is 12.3. The number of allylic oxidation sites excluding steroid dienone is 1. The molecule has 0 radical (unpaired) electrons. The molecule has 0 atom stereocenters. The molecular weight excluding hydrogens is 241 g/mol. The molecule has 0 amide bonds. The van der Waals surface area contributed by atoms with Crippen molar-refractivity contribution in [3.63, 3.8) is 0 Å². The molecule has 17 heavy (non-hydrogen) atoms. The summed E-state index contributed by atoms with van der Waals surface area (Å²) in [6.07, 6.45) is 2.62. The molecule has 1 aliphatic heterocycles. The Morgan fingerprint density at radius 3 is 2.76 bits per heavy atom. The fourth-order valence-corrected chi connectivity index (χ4v) is 3.59. The van der Waals surface area contributed by atoms with E-state index in [9.17, 15) is 12.8 Å². The van der Waals surface area contributed by atoms with Crippen LogP contribution in [0, 0.1) is 5.82 Å². The predicted molar refractivity (Wildman–Crippen MR) is 64.7 cm³/mol. The number of hydrogen-bond donors (Lipinski definition) is 1. The SMILES string of the molecule is CNCCCC1=Cc2c(F)cccc2S1(=O)=O. The lowest BCUT2D eigenvalue weighted by Crippen LogP contribution is -2.09. The van der Waals surface area contributed by atoms with Crippen LogP contribution in [0.15, 0.2) is 28.0 Å². The van der Waals surface area contributed by atoms with Gasteiger partial charge in [0.2, 0.25) is 9.84 Å². The highest BCUT2D eigenvalue weighted by Gasteiger charge is 2.30. The summed E-state index contributed by atoms with van der Waals surface area (Å²) in [4.78, 5) is 0.407. The van der Waals surface area contributed by atoms with E-state index in [1.165, 1.54) is 24.3 Å². The van der Waals surface area contributed by atoms with Gasteiger partial charge in [0.1, 0.15) is 5.82 Å². The molecule has 1 aromatic rings. The van der Waals surface area contributed by atoms with Crippen molar-refractivity contribution >= 4 is 15.9 Å². The minimum Gasteiger partial charge on any atom is -0.320 e. The average molecular weight is 255 g/mol. The quantitative estimate of drug-likeness (QED) is 0.836. The van der Waals surface area contributed by atoms with Crippen LogP contribution < -0.4 is 5.32 Å². The molecule has 0 aromatic heterocycles. The second kappa shape index (κ2) is 4.58. The Labute approximate surface area is 100 Å². The van der Waals surface area contributed by atoms with Crippen LogP contribution in [0.4, 0.5) is 4.39 Å². The van der Waals surface area contributed by atoms with Crippen LogP contribution in [-0.4, -0.2) is 22.0 Å². The topological polar surface area (TPSA) is 46.2 Å². The van der Waals surface area contributed by atoms with Crippen molar-refractivity contribution in [1.82, 2.24) is 5.32 Å². The minimum absolute atomic E-state index is 0.0944. The molecule has 0 spiro atoms. The second-order valence-corrected chi connectivity index (χ2v) is 5.94. The number of hydrogen-bond acceptors (Lipinski definition) is 3. The molecule has 1 N–H and O–H groups in total. The van der Waals surface area contributed by atoms with E-state index in [2.05, 4.69) is 5.32 Å². The molecule has 1 aromatic carbocycles. The van der Waals surface area contributed by atoms with Crippen molar-refractivity contribution in [3.05, 3.63) is 34.5 Å². The van der Waals surface area contributed by atoms with Crippen molar-refractivity contribution < 1.29 is 12.8 Å². The summed E-state index contributed by atoms with van der Waals surface area (Å²) in [6, 6.07) is 4.16. The van der Waals surface area contributed by atoms with E-state index in [0.717, 1.165) is 13.0 Å². The molecule has 0 saturated carbocycles. The first-order chi connectivity index (χ1) is 8.07. The van der Waals surface area contributed by atoms with Gasteiger partial charge in [-0.1, -0.05) is 6.07 Å². The lowest BCUT2D eigenvalue weighted by atomic mass is 10.2. The van der Waals surface area contributed by atoms with Gasteiger partial charge in [-0.05, 0) is 44.6 Å². The zero-order chi connectivity index (χ0) is 12.5. The molecule has 0 fully saturated rings. The van der Waals surface area contributed by atoms with Crippen LogP contribution in [0.3, 0.4) is 0 Å². The fraction of sp³-hybridized carbons (Fsp3) is 0.333. The van der Waals surface area contributed by atoms with Crippen LogP contribution in [0.25, 0.3) is 6.08 Å². The summed E-state index contributed by atoms with van der Waals surface area (Å²) in [7, 11) is -1.64. The van der Waals surface area contributed by atoms with Gasteiger partial charge in [-0.2, -0.15) is 0 Å². The molecule has 0 saturated heterocycles. The third-order valence-corrected chi connectivity index (χ3v) is 4.75. The first-order valence-corrected chi connectivity index (χ1v) is 6.94. The van der Waals surface area contributed by atoms with E-state index in [1.807, 2.05) is 7.05 Å². The first-order valence-electron chi connectivity index (χ1n) is 5.46. The number of rotatable bonds is 4. The Kier molecular flexibility index (Phi) is 3.31. The van der Waals surface area contributed by atoms with Crippen LogP contribution >= 0.6 is 0 Å². The Bertz CT molecular complexity index is 564. The molecule has 1 heterocycles. The molecule has 0 bridgehead atoms. The summed E-state index contributed by atoms with van der Waals surface area (Å²) in [5.41, 5.74) is 0.201. The summed E-state index contributed by atoms with van der Waals surface area (Å²) in [6.45, 7) is 0.742. The molecular formula is C12H14FNO2S. The lowest BCUT2D eigenvalue weighted by Gasteiger charge is -2.03. The van der Waals surface area contributed by atoms with Gasteiger partial charge in [-0.25, -0.2) is 12.8 Å². The second-order valence-electron chi connectivity index (χ2n) is 3.97. The summed E-state index contributed by atoms with van der Waals surface area (Å²) < 4.78 is 37.6. The fourth-order valence-electron chi connectivity index (χ4n) is 1.92. The number of sulfone groups is 1. The van der Waals surface area contributed by atoms with E-state index in [4.69, 9.17) is 0 Å². The van der Waals surface area contributed by atoms with Gasteiger partial charge in [0.15, 0.2) is 0 Å². The molecule has 2 rings (SSSR count). The van der Waals surface area contributed by atoms with Gasteiger partial charge < -0.3 is 5.32 Å². The predicted octanol–water partition coefficient (Wildman–Crippen LogP) is 1.95. The summed E-state index contributed by atoms with van der Waals surface area (Å²) in [5.74, 6) is -0.477. The van der Waals surface area contributed by atoms with Gasteiger partial charge in [-0.3, -0.25) is 0 Å². The zero-order valence-electron chi connectivity index (χ0n) is 9.53. The molecule has 0 unspecified atom stereocenters. The van der Waals surface area contributed by atoms with E-state index in [0.29, 0.717) is 11.3 Å². The van der Waals surface area contributed by atoms with Crippen molar-refractivity contribution in [2.75, 3.05) is 13.6 Å². The largest absolute Gasteiger partial charge is 0.320 e. The Morgan fingerprint density at radius 1 is 1.35 bits per heavy atom. The minimum atomic E-state index is -3.46. The Balaban J connectivity index is 2.34. The number of benzene rings is 1. The molecule has 92 valence electrons. The smallest absolute Gasteiger partial charge is 0.203 e. The normalized spacial score (nSPS) is 16.7. The van der Waals surface area contributed by atoms with Gasteiger partial charge in [-0.15, -0.1) is 0 Å². The van der Waals surface area contributed by atoms with Gasteiger partial charge in [0, 0.05) is 5.56 Å². The third kappa shape index (κ3) is 2.12. The molecule has 1 aliphatic rings. The van der Waals surface area contributed by atoms with Gasteiger partial charge in [0.25, 0.3) is 0 Å². The van der Waals surface area contributed by atoms with Crippen LogP contribution in [0.1, 0.15) is 18.4 Å². The highest BCUT2D eigenvalue weighted by Crippen LogP contribution is 2.36. The zero-order valence-corrected chi connectivity index (χ0v) is 10.3. The Morgan fingerprint density at radius 2 is 2.12 bits per heavy atom. The highest BCUT2D eigenvalue weighted by molar-refractivity contribution is 7.95. The van der Waals surface area contributed by atoms with E-state index < -0.39 is 15.7 Å². The number of halogens is 1. The third-order valence-electron chi connectivity index (χ3n) is 2.80. The van der Waals surface area contributed by atoms with E-state index in [1.54, 1.807) is 0 Å². The van der Waals surface area contributed by atoms with Crippen LogP contribution in [0.5, 0.6) is 0 Å². The van der Waals surface area contributed by atoms with Crippen LogP contribution in [-0.2, 0) is 9.84 Å². The molecule has 5 heteroatoms. The van der Waals surface area contributed by atoms with E-state index >= 15 is 0 Å². The average Bonchev–Trinajstić information content (AvgIpc) is 2.54. The van der Waals surface area contributed by atoms with Crippen molar-refractivity contribution in [3.8, 4) is 0 Å². The lowest BCUT2D eigenvalue weighted by molar-refractivity contribution is 0.595. The highest BCUT2D eigenvalue weighted by atomic mass is 32.2. The van der Waals surface area contributed by atoms with Crippen molar-refractivity contribution in [2.45, 2.75) is 17.7 Å². The Hall–Kier alpha value is -1.20. The summed E-state index contributed by atoms with van der Waals surface area (Å²) >= 11 is 0. The maximum atomic E-state index is 13.5. The summed E-state index contributed by atoms with van der Waals surface area (Å²) in [5, 5.41) is 2.96. The monoisotopic (exact) mass is 255 g/mol. The number of nitrogens with one attached hydrogen (secondary N) is 1. The van der Waals surface area contributed by atoms with Crippen molar-refractivity contribution in [2.24, 2.45) is 0 Å². The van der Waals surface area contributed by atoms with Gasteiger partial charge in [0.05, 0.1) is 9.80 Å². The van der Waals surface area contributed by atoms with Crippen LogP contribution in [0.2, 0.25) is 0 Å².